The molecule has 0 unspecified atom stereocenters. The Balaban J connectivity index is 0.000000553. The van der Waals surface area contributed by atoms with E-state index in [1.807, 2.05) is 0 Å². The zero-order valence-corrected chi connectivity index (χ0v) is 17.7. The largest absolute Gasteiger partial charge is 0.490 e. The average Bonchev–Trinajstić information content (AvgIpc) is 3.17. The minimum Gasteiger partial charge on any atom is -0.481 e. The number of carboxylic acid groups (broad SMARTS) is 2. The lowest BCUT2D eigenvalue weighted by Gasteiger charge is -2.21. The number of hydrogen-bond donors (Lipinski definition) is 4. The van der Waals surface area contributed by atoms with Gasteiger partial charge < -0.3 is 15.5 Å². The monoisotopic (exact) mass is 471 g/mol. The van der Waals surface area contributed by atoms with Crippen molar-refractivity contribution in [3.8, 4) is 0 Å². The highest BCUT2D eigenvalue weighted by Gasteiger charge is 2.38. The highest BCUT2D eigenvalue weighted by Crippen LogP contribution is 2.33. The number of nitrogens with one attached hydrogen (secondary N) is 2. The maximum absolute atomic E-state index is 12.3. The lowest BCUT2D eigenvalue weighted by atomic mass is 9.85. The van der Waals surface area contributed by atoms with Crippen LogP contribution in [0.3, 0.4) is 0 Å². The van der Waals surface area contributed by atoms with Crippen LogP contribution in [0, 0.1) is 0 Å². The van der Waals surface area contributed by atoms with Crippen molar-refractivity contribution in [1.82, 2.24) is 15.5 Å². The minimum atomic E-state index is -5.08. The molecule has 0 atom stereocenters. The van der Waals surface area contributed by atoms with Gasteiger partial charge in [-0.05, 0) is 12.8 Å². The molecule has 1 amide bonds. The second-order valence-corrected chi connectivity index (χ2v) is 9.08. The van der Waals surface area contributed by atoms with E-state index < -0.39 is 18.1 Å². The summed E-state index contributed by atoms with van der Waals surface area (Å²) in [6.45, 7) is 0.568. The van der Waals surface area contributed by atoms with Crippen LogP contribution in [0.4, 0.5) is 13.2 Å². The smallest absolute Gasteiger partial charge is 0.481 e. The fourth-order valence-corrected chi connectivity index (χ4v) is 4.61. The highest BCUT2D eigenvalue weighted by atomic mass is 33.1. The molecule has 1 saturated carbocycles. The summed E-state index contributed by atoms with van der Waals surface area (Å²) in [5, 5.41) is 25.6. The molecule has 1 heterocycles. The molecule has 30 heavy (non-hydrogen) atoms. The van der Waals surface area contributed by atoms with E-state index >= 15 is 0 Å². The quantitative estimate of drug-likeness (QED) is 0.317. The van der Waals surface area contributed by atoms with Crippen LogP contribution in [0.2, 0.25) is 0 Å². The maximum Gasteiger partial charge on any atom is 0.490 e. The Hall–Kier alpha value is -1.89. The van der Waals surface area contributed by atoms with E-state index in [0.29, 0.717) is 23.8 Å². The van der Waals surface area contributed by atoms with E-state index in [2.05, 4.69) is 15.5 Å². The van der Waals surface area contributed by atoms with Crippen LogP contribution in [0.5, 0.6) is 0 Å². The van der Waals surface area contributed by atoms with Gasteiger partial charge in [0.15, 0.2) is 0 Å². The molecule has 1 aromatic heterocycles. The van der Waals surface area contributed by atoms with Crippen molar-refractivity contribution in [2.24, 2.45) is 0 Å². The number of carbonyl (C=O) groups is 3. The van der Waals surface area contributed by atoms with E-state index in [4.69, 9.17) is 15.0 Å². The topological polar surface area (TPSA) is 132 Å². The van der Waals surface area contributed by atoms with Gasteiger partial charge >= 0.3 is 18.1 Å². The van der Waals surface area contributed by atoms with Crippen LogP contribution in [-0.2, 0) is 9.59 Å². The van der Waals surface area contributed by atoms with E-state index in [0.717, 1.165) is 24.3 Å². The highest BCUT2D eigenvalue weighted by molar-refractivity contribution is 8.76. The van der Waals surface area contributed by atoms with Gasteiger partial charge in [-0.25, -0.2) is 4.79 Å². The molecule has 170 valence electrons. The zero-order chi connectivity index (χ0) is 22.6. The van der Waals surface area contributed by atoms with Crippen molar-refractivity contribution in [2.75, 3.05) is 18.1 Å². The number of carbonyl (C=O) groups excluding carboxylic acids is 1. The number of rotatable bonds is 9. The number of alkyl halides is 3. The number of nitrogens with zero attached hydrogens (tertiary/aromatic N) is 1. The van der Waals surface area contributed by atoms with Crippen molar-refractivity contribution < 1.29 is 37.8 Å². The summed E-state index contributed by atoms with van der Waals surface area (Å²) < 4.78 is 31.7. The van der Waals surface area contributed by atoms with Crippen LogP contribution in [0.25, 0.3) is 0 Å². The summed E-state index contributed by atoms with van der Waals surface area (Å²) in [7, 11) is 3.10. The van der Waals surface area contributed by atoms with E-state index in [1.54, 1.807) is 17.0 Å². The van der Waals surface area contributed by atoms with Crippen LogP contribution in [0.1, 0.15) is 60.5 Å². The minimum absolute atomic E-state index is 0.0736. The fraction of sp³-hybridized carbons (Fsp3) is 0.647. The van der Waals surface area contributed by atoms with Gasteiger partial charge in [-0.3, -0.25) is 14.7 Å². The first-order valence-electron chi connectivity index (χ1n) is 9.20. The molecule has 2 rings (SSSR count). The Morgan fingerprint density at radius 1 is 1.13 bits per heavy atom. The van der Waals surface area contributed by atoms with Crippen LogP contribution < -0.4 is 5.32 Å². The van der Waals surface area contributed by atoms with E-state index in [9.17, 15) is 22.8 Å². The molecule has 13 heteroatoms. The second kappa shape index (κ2) is 13.4. The van der Waals surface area contributed by atoms with Crippen LogP contribution in [0.15, 0.2) is 6.20 Å². The molecular formula is C17H24F3N3O5S2. The summed E-state index contributed by atoms with van der Waals surface area (Å²) in [5.74, 6) is -1.84. The first-order valence-corrected chi connectivity index (χ1v) is 11.7. The number of hydrogen-bond acceptors (Lipinski definition) is 6. The molecule has 4 N–H and O–H groups in total. The van der Waals surface area contributed by atoms with Gasteiger partial charge in [-0.2, -0.15) is 18.3 Å². The van der Waals surface area contributed by atoms with Gasteiger partial charge in [0.1, 0.15) is 0 Å². The van der Waals surface area contributed by atoms with Crippen molar-refractivity contribution in [3.63, 3.8) is 0 Å². The third-order valence-corrected chi connectivity index (χ3v) is 6.53. The van der Waals surface area contributed by atoms with Crippen molar-refractivity contribution in [1.29, 1.82) is 0 Å². The number of halogens is 3. The molecule has 0 radical (unpaired) electrons. The molecule has 0 bridgehead atoms. The molecule has 1 fully saturated rings. The summed E-state index contributed by atoms with van der Waals surface area (Å²) >= 11 is 0. The zero-order valence-electron chi connectivity index (χ0n) is 16.0. The Kier molecular flexibility index (Phi) is 11.7. The van der Waals surface area contributed by atoms with Gasteiger partial charge in [0.2, 0.25) is 0 Å². The summed E-state index contributed by atoms with van der Waals surface area (Å²) in [4.78, 5) is 31.6. The fourth-order valence-electron chi connectivity index (χ4n) is 2.73. The first kappa shape index (κ1) is 26.1. The summed E-state index contributed by atoms with van der Waals surface area (Å²) in [5.41, 5.74) is 1.64. The first-order chi connectivity index (χ1) is 14.1. The van der Waals surface area contributed by atoms with Gasteiger partial charge in [0, 0.05) is 24.0 Å². The summed E-state index contributed by atoms with van der Waals surface area (Å²) in [6, 6.07) is 0. The third kappa shape index (κ3) is 10.2. The van der Waals surface area contributed by atoms with Crippen molar-refractivity contribution in [2.45, 2.75) is 50.6 Å². The normalized spacial score (nSPS) is 14.5. The van der Waals surface area contributed by atoms with Crippen molar-refractivity contribution in [3.05, 3.63) is 17.5 Å². The molecule has 8 nitrogen and oxygen atoms in total. The maximum atomic E-state index is 12.3. The van der Waals surface area contributed by atoms with Gasteiger partial charge in [-0.1, -0.05) is 40.9 Å². The predicted octanol–water partition coefficient (Wildman–Crippen LogP) is 3.68. The summed E-state index contributed by atoms with van der Waals surface area (Å²) in [6.07, 6.45) is 2.67. The Labute approximate surface area is 179 Å². The number of aliphatic carboxylic acids is 2. The van der Waals surface area contributed by atoms with Gasteiger partial charge in [-0.15, -0.1) is 0 Å². The lowest BCUT2D eigenvalue weighted by Crippen LogP contribution is -2.26. The van der Waals surface area contributed by atoms with Crippen molar-refractivity contribution >= 4 is 39.4 Å². The second-order valence-electron chi connectivity index (χ2n) is 6.38. The Morgan fingerprint density at radius 2 is 1.73 bits per heavy atom. The molecule has 0 saturated heterocycles. The molecule has 0 aliphatic heterocycles. The molecule has 0 spiro atoms. The molecular weight excluding hydrogens is 447 g/mol. The Bertz CT molecular complexity index is 694. The van der Waals surface area contributed by atoms with Crippen LogP contribution in [-0.4, -0.2) is 62.5 Å². The lowest BCUT2D eigenvalue weighted by molar-refractivity contribution is -0.192. The number of aromatic nitrogens is 2. The van der Waals surface area contributed by atoms with E-state index in [-0.39, 0.29) is 12.3 Å². The van der Waals surface area contributed by atoms with E-state index in [1.165, 1.54) is 30.1 Å². The molecule has 0 aromatic carbocycles. The van der Waals surface area contributed by atoms with Gasteiger partial charge in [0.05, 0.1) is 23.9 Å². The standard InChI is InChI=1S/C15H23N3O3S2.C2HF3O2/c19-13(20)6-8-22-23-9-7-16-15(21)12-10-17-18-14(12)11-4-2-1-3-5-11;3-2(4,5)1(6)7/h10-11H,1-9H2,(H,16,21)(H,17,18)(H,19,20);(H,6,7). The average molecular weight is 472 g/mol. The molecule has 1 aliphatic rings. The molecule has 1 aliphatic carbocycles. The predicted molar refractivity (Wildman–Crippen MR) is 108 cm³/mol. The SMILES string of the molecule is O=C(O)C(F)(F)F.O=C(O)CCSSCCNC(=O)c1cn[nH]c1C1CCCCC1. The number of amides is 1. The van der Waals surface area contributed by atoms with Gasteiger partial charge in [0.25, 0.3) is 5.91 Å². The number of carboxylic acids is 2. The number of H-pyrrole nitrogens is 1. The molecule has 1 aromatic rings. The third-order valence-electron chi connectivity index (χ3n) is 4.12. The van der Waals surface area contributed by atoms with Crippen LogP contribution >= 0.6 is 21.6 Å². The number of aromatic amines is 1. The Morgan fingerprint density at radius 3 is 2.30 bits per heavy atom.